The molecule has 3 rings (SSSR count). The van der Waals surface area contributed by atoms with Gasteiger partial charge in [0.05, 0.1) is 25.3 Å². The van der Waals surface area contributed by atoms with Crippen molar-refractivity contribution in [1.82, 2.24) is 20.0 Å². The number of benzene rings is 1. The van der Waals surface area contributed by atoms with Gasteiger partial charge in [-0.2, -0.15) is 17.0 Å². The first-order chi connectivity index (χ1) is 15.5. The molecule has 9 heteroatoms. The number of piperazine rings is 1. The van der Waals surface area contributed by atoms with E-state index in [4.69, 9.17) is 4.74 Å². The highest BCUT2D eigenvalue weighted by Gasteiger charge is 2.33. The maximum absolute atomic E-state index is 13.4. The molecule has 0 spiro atoms. The lowest BCUT2D eigenvalue weighted by atomic mass is 9.92. The molecule has 2 amide bonds. The summed E-state index contributed by atoms with van der Waals surface area (Å²) in [6, 6.07) is 7.94. The average Bonchev–Trinajstić information content (AvgIpc) is 3.33. The molecule has 174 valence electrons. The second kappa shape index (κ2) is 11.0. The average molecular weight is 459 g/mol. The Morgan fingerprint density at radius 2 is 2.06 bits per heavy atom. The number of carbonyl (C=O) groups excluding carboxylic acids is 1. The number of amidine groups is 1. The number of nitriles is 1. The van der Waals surface area contributed by atoms with Gasteiger partial charge in [-0.1, -0.05) is 6.07 Å². The van der Waals surface area contributed by atoms with Gasteiger partial charge in [0, 0.05) is 32.7 Å². The summed E-state index contributed by atoms with van der Waals surface area (Å²) < 4.78 is 5.58. The fourth-order valence-corrected chi connectivity index (χ4v) is 4.51. The molecule has 8 nitrogen and oxygen atoms in total. The molecule has 2 aliphatic rings. The van der Waals surface area contributed by atoms with Crippen LogP contribution in [0.25, 0.3) is 0 Å². The fraction of sp³-hybridized carbons (Fsp3) is 0.609. The number of aliphatic imine (C=N–C) groups is 1. The van der Waals surface area contributed by atoms with E-state index in [1.165, 1.54) is 12.2 Å². The zero-order valence-electron chi connectivity index (χ0n) is 19.6. The number of amides is 2. The van der Waals surface area contributed by atoms with E-state index in [0.29, 0.717) is 24.7 Å². The smallest absolute Gasteiger partial charge is 0.325 e. The van der Waals surface area contributed by atoms with Crippen molar-refractivity contribution in [2.45, 2.75) is 18.9 Å². The monoisotopic (exact) mass is 458 g/mol. The summed E-state index contributed by atoms with van der Waals surface area (Å²) in [5, 5.41) is 12.7. The van der Waals surface area contributed by atoms with E-state index in [1.807, 2.05) is 41.8 Å². The molecule has 0 aromatic heterocycles. The summed E-state index contributed by atoms with van der Waals surface area (Å²) in [5.41, 5.74) is 0.698. The Bertz CT molecular complexity index is 878. The van der Waals surface area contributed by atoms with Crippen molar-refractivity contribution in [1.29, 1.82) is 5.26 Å². The lowest BCUT2D eigenvalue weighted by Gasteiger charge is -2.37. The number of hydrogen-bond donors (Lipinski definition) is 1. The minimum Gasteiger partial charge on any atom is -0.496 e. The van der Waals surface area contributed by atoms with Gasteiger partial charge in [0.15, 0.2) is 0 Å². The molecule has 1 unspecified atom stereocenters. The summed E-state index contributed by atoms with van der Waals surface area (Å²) in [6.07, 6.45) is 3.32. The van der Waals surface area contributed by atoms with Gasteiger partial charge in [0.1, 0.15) is 17.1 Å². The Morgan fingerprint density at radius 1 is 1.31 bits per heavy atom. The minimum atomic E-state index is -0.846. The van der Waals surface area contributed by atoms with Crippen LogP contribution in [0, 0.1) is 11.3 Å². The van der Waals surface area contributed by atoms with Crippen LogP contribution >= 0.6 is 11.8 Å². The molecule has 1 atom stereocenters. The molecule has 1 aromatic rings. The summed E-state index contributed by atoms with van der Waals surface area (Å²) >= 11 is 1.88. The van der Waals surface area contributed by atoms with E-state index >= 15 is 0 Å². The second-order valence-electron chi connectivity index (χ2n) is 8.22. The molecule has 2 heterocycles. The quantitative estimate of drug-likeness (QED) is 0.602. The number of ether oxygens (including phenoxy) is 1. The van der Waals surface area contributed by atoms with Gasteiger partial charge in [0.2, 0.25) is 0 Å². The zero-order valence-corrected chi connectivity index (χ0v) is 20.4. The maximum Gasteiger partial charge on any atom is 0.325 e. The van der Waals surface area contributed by atoms with E-state index in [9.17, 15) is 10.1 Å². The van der Waals surface area contributed by atoms with Crippen molar-refractivity contribution in [3.8, 4) is 11.8 Å². The first-order valence-electron chi connectivity index (χ1n) is 11.1. The SMILES string of the molecule is CNC(C)(C#N)c1ccc(OC)c(C2=NCCN2C(=O)N2CCN(CCCSC)CC2)c1. The summed E-state index contributed by atoms with van der Waals surface area (Å²) in [4.78, 5) is 24.2. The third-order valence-electron chi connectivity index (χ3n) is 6.28. The van der Waals surface area contributed by atoms with Gasteiger partial charge < -0.3 is 9.64 Å². The predicted octanol–water partition coefficient (Wildman–Crippen LogP) is 2.21. The number of rotatable bonds is 8. The van der Waals surface area contributed by atoms with Crippen LogP contribution in [-0.4, -0.2) is 98.5 Å². The van der Waals surface area contributed by atoms with Gasteiger partial charge in [-0.25, -0.2) is 4.79 Å². The van der Waals surface area contributed by atoms with E-state index in [0.717, 1.165) is 43.9 Å². The largest absolute Gasteiger partial charge is 0.496 e. The molecule has 2 aliphatic heterocycles. The molecular formula is C23H34N6O2S. The highest BCUT2D eigenvalue weighted by molar-refractivity contribution is 7.98. The number of thioether (sulfide) groups is 1. The third-order valence-corrected chi connectivity index (χ3v) is 6.98. The zero-order chi connectivity index (χ0) is 23.1. The standard InChI is InChI=1S/C23H34N6O2S/c1-23(17-24,25-2)18-6-7-20(31-3)19(16-18)21-26-8-10-29(21)22(30)28-13-11-27(12-14-28)9-5-15-32-4/h6-7,16,25H,5,8-15H2,1-4H3. The highest BCUT2D eigenvalue weighted by atomic mass is 32.2. The van der Waals surface area contributed by atoms with E-state index in [1.54, 1.807) is 19.1 Å². The molecule has 32 heavy (non-hydrogen) atoms. The molecule has 1 fully saturated rings. The first kappa shape index (κ1) is 24.4. The van der Waals surface area contributed by atoms with Crippen LogP contribution in [0.5, 0.6) is 5.75 Å². The van der Waals surface area contributed by atoms with E-state index in [2.05, 4.69) is 27.5 Å². The normalized spacial score (nSPS) is 18.8. The second-order valence-corrected chi connectivity index (χ2v) is 9.20. The molecule has 0 aliphatic carbocycles. The van der Waals surface area contributed by atoms with Crippen LogP contribution in [0.3, 0.4) is 0 Å². The van der Waals surface area contributed by atoms with Crippen molar-refractivity contribution in [3.05, 3.63) is 29.3 Å². The van der Waals surface area contributed by atoms with Crippen LogP contribution in [0.1, 0.15) is 24.5 Å². The van der Waals surface area contributed by atoms with Gasteiger partial charge in [-0.05, 0) is 56.6 Å². The van der Waals surface area contributed by atoms with Crippen LogP contribution in [-0.2, 0) is 5.54 Å². The van der Waals surface area contributed by atoms with Gasteiger partial charge in [-0.15, -0.1) is 0 Å². The molecular weight excluding hydrogens is 424 g/mol. The molecule has 0 radical (unpaired) electrons. The Kier molecular flexibility index (Phi) is 8.40. The number of carbonyl (C=O) groups is 1. The first-order valence-corrected chi connectivity index (χ1v) is 12.5. The van der Waals surface area contributed by atoms with Gasteiger partial charge in [-0.3, -0.25) is 20.1 Å². The van der Waals surface area contributed by atoms with Crippen LogP contribution in [0.4, 0.5) is 4.79 Å². The number of hydrogen-bond acceptors (Lipinski definition) is 7. The molecule has 1 saturated heterocycles. The van der Waals surface area contributed by atoms with Crippen LogP contribution in [0.15, 0.2) is 23.2 Å². The molecule has 1 aromatic carbocycles. The summed E-state index contributed by atoms with van der Waals surface area (Å²) in [6.45, 7) is 7.30. The lowest BCUT2D eigenvalue weighted by molar-refractivity contribution is 0.127. The molecule has 0 bridgehead atoms. The number of methoxy groups -OCH3 is 1. The van der Waals surface area contributed by atoms with Crippen molar-refractivity contribution >= 4 is 23.6 Å². The summed E-state index contributed by atoms with van der Waals surface area (Å²) in [7, 11) is 3.37. The third kappa shape index (κ3) is 5.20. The molecule has 1 N–H and O–H groups in total. The summed E-state index contributed by atoms with van der Waals surface area (Å²) in [5.74, 6) is 2.43. The Balaban J connectivity index is 1.76. The van der Waals surface area contributed by atoms with Crippen LogP contribution < -0.4 is 10.1 Å². The van der Waals surface area contributed by atoms with E-state index in [-0.39, 0.29) is 6.03 Å². The van der Waals surface area contributed by atoms with Crippen molar-refractivity contribution < 1.29 is 9.53 Å². The van der Waals surface area contributed by atoms with E-state index < -0.39 is 5.54 Å². The fourth-order valence-electron chi connectivity index (χ4n) is 4.09. The Labute approximate surface area is 195 Å². The topological polar surface area (TPSA) is 84.2 Å². The van der Waals surface area contributed by atoms with Gasteiger partial charge >= 0.3 is 6.03 Å². The van der Waals surface area contributed by atoms with Crippen LogP contribution in [0.2, 0.25) is 0 Å². The number of nitrogens with zero attached hydrogens (tertiary/aromatic N) is 5. The van der Waals surface area contributed by atoms with Gasteiger partial charge in [0.25, 0.3) is 0 Å². The minimum absolute atomic E-state index is 0.00543. The maximum atomic E-state index is 13.4. The number of nitrogens with one attached hydrogen (secondary N) is 1. The van der Waals surface area contributed by atoms with Crippen molar-refractivity contribution in [3.63, 3.8) is 0 Å². The molecule has 0 saturated carbocycles. The van der Waals surface area contributed by atoms with Crippen molar-refractivity contribution in [2.24, 2.45) is 4.99 Å². The highest BCUT2D eigenvalue weighted by Crippen LogP contribution is 2.29. The Hall–Kier alpha value is -2.28. The number of urea groups is 1. The lowest BCUT2D eigenvalue weighted by Crippen LogP contribution is -2.53. The Morgan fingerprint density at radius 3 is 2.69 bits per heavy atom. The van der Waals surface area contributed by atoms with Crippen molar-refractivity contribution in [2.75, 3.05) is 72.0 Å². The predicted molar refractivity (Wildman–Crippen MR) is 130 cm³/mol.